The highest BCUT2D eigenvalue weighted by atomic mass is 14.7. The van der Waals surface area contributed by atoms with E-state index < -0.39 is 0 Å². The first kappa shape index (κ1) is 7.96. The van der Waals surface area contributed by atoms with Crippen molar-refractivity contribution in [2.24, 2.45) is 5.73 Å². The Labute approximate surface area is 52.3 Å². The molecule has 0 spiro atoms. The summed E-state index contributed by atoms with van der Waals surface area (Å²) in [5, 5.41) is 0. The first-order valence-corrected chi connectivity index (χ1v) is 3.14. The quantitative estimate of drug-likeness (QED) is 0.594. The van der Waals surface area contributed by atoms with Crippen molar-refractivity contribution < 1.29 is 0 Å². The average molecular weight is 114 g/mol. The van der Waals surface area contributed by atoms with Crippen molar-refractivity contribution in [1.82, 2.24) is 0 Å². The molecule has 2 N–H and O–H groups in total. The van der Waals surface area contributed by atoms with Gasteiger partial charge in [0.2, 0.25) is 0 Å². The summed E-state index contributed by atoms with van der Waals surface area (Å²) < 4.78 is 0. The molecule has 0 amide bonds. The number of hydrogen-bond acceptors (Lipinski definition) is 1. The van der Waals surface area contributed by atoms with Crippen molar-refractivity contribution >= 4 is 0 Å². The molecule has 0 saturated carbocycles. The third-order valence-corrected chi connectivity index (χ3v) is 1.07. The molecule has 1 nitrogen and oxygen atoms in total. The zero-order valence-electron chi connectivity index (χ0n) is 5.91. The molecule has 0 aliphatic rings. The minimum atomic E-state index is 0.0116. The van der Waals surface area contributed by atoms with E-state index in [9.17, 15) is 0 Å². The molecule has 0 heterocycles. The molecule has 0 aromatic rings. The molecule has 1 radical (unpaired) electrons. The smallest absolute Gasteiger partial charge is 0.00970 e. The van der Waals surface area contributed by atoms with Gasteiger partial charge in [0.05, 0.1) is 0 Å². The van der Waals surface area contributed by atoms with Crippen molar-refractivity contribution in [3.63, 3.8) is 0 Å². The lowest BCUT2D eigenvalue weighted by Gasteiger charge is -2.16. The van der Waals surface area contributed by atoms with Gasteiger partial charge in [-0.2, -0.15) is 0 Å². The molecule has 0 aliphatic heterocycles. The van der Waals surface area contributed by atoms with Crippen molar-refractivity contribution in [3.8, 4) is 0 Å². The van der Waals surface area contributed by atoms with E-state index in [0.29, 0.717) is 0 Å². The van der Waals surface area contributed by atoms with Crippen LogP contribution in [0.15, 0.2) is 0 Å². The van der Waals surface area contributed by atoms with E-state index in [1.807, 2.05) is 13.8 Å². The highest BCUT2D eigenvalue weighted by molar-refractivity contribution is 4.70. The van der Waals surface area contributed by atoms with Crippen LogP contribution >= 0.6 is 0 Å². The Morgan fingerprint density at radius 1 is 1.50 bits per heavy atom. The van der Waals surface area contributed by atoms with E-state index in [1.54, 1.807) is 0 Å². The van der Waals surface area contributed by atoms with E-state index in [-0.39, 0.29) is 5.54 Å². The standard InChI is InChI=1S/C7H16N/c1-4-5-6-7(2,3)8/h1,4-6,8H2,2-3H3. The van der Waals surface area contributed by atoms with Gasteiger partial charge in [-0.05, 0) is 20.3 Å². The fourth-order valence-electron chi connectivity index (χ4n) is 0.581. The van der Waals surface area contributed by atoms with Crippen molar-refractivity contribution in [3.05, 3.63) is 6.92 Å². The molecule has 0 atom stereocenters. The first-order chi connectivity index (χ1) is 3.56. The minimum Gasteiger partial charge on any atom is -0.326 e. The summed E-state index contributed by atoms with van der Waals surface area (Å²) in [6.07, 6.45) is 3.22. The number of rotatable bonds is 3. The molecule has 0 aliphatic carbocycles. The lowest BCUT2D eigenvalue weighted by Crippen LogP contribution is -2.31. The summed E-state index contributed by atoms with van der Waals surface area (Å²) in [7, 11) is 0. The Kier molecular flexibility index (Phi) is 3.06. The van der Waals surface area contributed by atoms with Crippen LogP contribution in [0.1, 0.15) is 33.1 Å². The number of hydrogen-bond donors (Lipinski definition) is 1. The Hall–Kier alpha value is -0.0400. The molecule has 1 heteroatoms. The maximum Gasteiger partial charge on any atom is 0.00970 e. The second-order valence-electron chi connectivity index (χ2n) is 2.95. The summed E-state index contributed by atoms with van der Waals surface area (Å²) in [5.74, 6) is 0. The van der Waals surface area contributed by atoms with Crippen LogP contribution in [0, 0.1) is 6.92 Å². The summed E-state index contributed by atoms with van der Waals surface area (Å²) in [4.78, 5) is 0. The van der Waals surface area contributed by atoms with Crippen LogP contribution < -0.4 is 5.73 Å². The van der Waals surface area contributed by atoms with Gasteiger partial charge in [0, 0.05) is 5.54 Å². The molecule has 8 heavy (non-hydrogen) atoms. The van der Waals surface area contributed by atoms with Crippen LogP contribution in [0.5, 0.6) is 0 Å². The largest absolute Gasteiger partial charge is 0.326 e. The minimum absolute atomic E-state index is 0.0116. The topological polar surface area (TPSA) is 26.0 Å². The third-order valence-electron chi connectivity index (χ3n) is 1.07. The van der Waals surface area contributed by atoms with E-state index in [4.69, 9.17) is 5.73 Å². The maximum absolute atomic E-state index is 5.69. The zero-order valence-corrected chi connectivity index (χ0v) is 5.91. The molecule has 0 rings (SSSR count). The first-order valence-electron chi connectivity index (χ1n) is 3.14. The normalized spacial score (nSPS) is 12.0. The third kappa shape index (κ3) is 5.96. The monoisotopic (exact) mass is 114 g/mol. The van der Waals surface area contributed by atoms with Crippen LogP contribution in [0.4, 0.5) is 0 Å². The van der Waals surface area contributed by atoms with E-state index in [1.165, 1.54) is 0 Å². The Bertz CT molecular complexity index is 51.9. The molecule has 0 unspecified atom stereocenters. The van der Waals surface area contributed by atoms with Crippen molar-refractivity contribution in [1.29, 1.82) is 0 Å². The lowest BCUT2D eigenvalue weighted by molar-refractivity contribution is 0.461. The second-order valence-corrected chi connectivity index (χ2v) is 2.95. The molecule has 0 aromatic heterocycles. The molecule has 0 bridgehead atoms. The van der Waals surface area contributed by atoms with Crippen molar-refractivity contribution in [2.45, 2.75) is 38.6 Å². The highest BCUT2D eigenvalue weighted by Crippen LogP contribution is 2.07. The Balaban J connectivity index is 3.11. The zero-order chi connectivity index (χ0) is 6.62. The SMILES string of the molecule is [CH2]CCCC(C)(C)N. The van der Waals surface area contributed by atoms with Crippen LogP contribution in [0.3, 0.4) is 0 Å². The fraction of sp³-hybridized carbons (Fsp3) is 0.857. The van der Waals surface area contributed by atoms with Gasteiger partial charge in [0.25, 0.3) is 0 Å². The van der Waals surface area contributed by atoms with Gasteiger partial charge in [-0.1, -0.05) is 19.8 Å². The summed E-state index contributed by atoms with van der Waals surface area (Å²) >= 11 is 0. The van der Waals surface area contributed by atoms with Crippen LogP contribution in [0.2, 0.25) is 0 Å². The van der Waals surface area contributed by atoms with Crippen LogP contribution in [0.25, 0.3) is 0 Å². The molecule has 0 fully saturated rings. The average Bonchev–Trinajstić information content (AvgIpc) is 1.59. The summed E-state index contributed by atoms with van der Waals surface area (Å²) in [6, 6.07) is 0. The summed E-state index contributed by atoms with van der Waals surface area (Å²) in [5.41, 5.74) is 5.71. The molecular weight excluding hydrogens is 98.1 g/mol. The Morgan fingerprint density at radius 2 is 2.00 bits per heavy atom. The Morgan fingerprint density at radius 3 is 2.12 bits per heavy atom. The van der Waals surface area contributed by atoms with Gasteiger partial charge in [0.1, 0.15) is 0 Å². The van der Waals surface area contributed by atoms with Gasteiger partial charge in [-0.25, -0.2) is 0 Å². The number of nitrogens with two attached hydrogens (primary N) is 1. The fourth-order valence-corrected chi connectivity index (χ4v) is 0.581. The molecule has 0 aromatic carbocycles. The van der Waals surface area contributed by atoms with Gasteiger partial charge in [-0.15, -0.1) is 0 Å². The van der Waals surface area contributed by atoms with E-state index >= 15 is 0 Å². The second kappa shape index (κ2) is 3.08. The van der Waals surface area contributed by atoms with Crippen LogP contribution in [-0.2, 0) is 0 Å². The van der Waals surface area contributed by atoms with Crippen LogP contribution in [-0.4, -0.2) is 5.54 Å². The lowest BCUT2D eigenvalue weighted by atomic mass is 9.99. The molecular formula is C7H16N. The summed E-state index contributed by atoms with van der Waals surface area (Å²) in [6.45, 7) is 7.82. The van der Waals surface area contributed by atoms with E-state index in [2.05, 4.69) is 6.92 Å². The van der Waals surface area contributed by atoms with Crippen molar-refractivity contribution in [2.75, 3.05) is 0 Å². The van der Waals surface area contributed by atoms with Gasteiger partial charge >= 0.3 is 0 Å². The molecule has 49 valence electrons. The predicted octanol–water partition coefficient (Wildman–Crippen LogP) is 1.73. The van der Waals surface area contributed by atoms with Gasteiger partial charge in [-0.3, -0.25) is 0 Å². The number of unbranched alkanes of at least 4 members (excludes halogenated alkanes) is 1. The van der Waals surface area contributed by atoms with Gasteiger partial charge < -0.3 is 5.73 Å². The molecule has 0 saturated heterocycles. The maximum atomic E-state index is 5.69. The predicted molar refractivity (Wildman–Crippen MR) is 37.5 cm³/mol. The van der Waals surface area contributed by atoms with E-state index in [0.717, 1.165) is 19.3 Å². The highest BCUT2D eigenvalue weighted by Gasteiger charge is 2.07. The van der Waals surface area contributed by atoms with Gasteiger partial charge in [0.15, 0.2) is 0 Å².